The van der Waals surface area contributed by atoms with Gasteiger partial charge in [-0.3, -0.25) is 9.05 Å². The Morgan fingerprint density at radius 3 is 2.11 bits per heavy atom. The molecule has 7 heteroatoms. The van der Waals surface area contributed by atoms with E-state index < -0.39 is 6.80 Å². The third-order valence-corrected chi connectivity index (χ3v) is 6.18. The minimum absolute atomic E-state index is 0.0606. The highest BCUT2D eigenvalue weighted by Crippen LogP contribution is 2.64. The molecule has 104 valence electrons. The Bertz CT molecular complexity index is 440. The average Bonchev–Trinajstić information content (AvgIpc) is 3.29. The van der Waals surface area contributed by atoms with Gasteiger partial charge in [-0.2, -0.15) is 0 Å². The molecule has 2 atom stereocenters. The minimum Gasteiger partial charge on any atom is -0.371 e. The molecule has 0 amide bonds. The monoisotopic (exact) mass is 302 g/mol. The van der Waals surface area contributed by atoms with E-state index in [0.717, 1.165) is 16.3 Å². The van der Waals surface area contributed by atoms with Gasteiger partial charge in [-0.05, 0) is 23.5 Å². The van der Waals surface area contributed by atoms with Crippen LogP contribution in [0.15, 0.2) is 35.2 Å². The van der Waals surface area contributed by atoms with Crippen LogP contribution in [0.2, 0.25) is 0 Å². The average molecular weight is 302 g/mol. The topological polar surface area (TPSA) is 60.6 Å². The summed E-state index contributed by atoms with van der Waals surface area (Å²) in [4.78, 5) is 0.860. The largest absolute Gasteiger partial charge is 0.394 e. The fourth-order valence-electron chi connectivity index (χ4n) is 1.38. The summed E-state index contributed by atoms with van der Waals surface area (Å²) in [6.45, 7) is -1.26. The van der Waals surface area contributed by atoms with Crippen LogP contribution in [0, 0.1) is 0 Å². The van der Waals surface area contributed by atoms with Gasteiger partial charge in [-0.15, -0.1) is 0 Å². The van der Waals surface area contributed by atoms with Crippen LogP contribution in [0.5, 0.6) is 0 Å². The molecule has 1 aromatic rings. The van der Waals surface area contributed by atoms with Crippen LogP contribution < -0.4 is 0 Å². The van der Waals surface area contributed by atoms with Gasteiger partial charge in [0.15, 0.2) is 0 Å². The lowest BCUT2D eigenvalue weighted by molar-refractivity contribution is 0.189. The number of rotatable bonds is 8. The molecule has 0 aromatic heterocycles. The maximum absolute atomic E-state index is 12.7. The van der Waals surface area contributed by atoms with Crippen molar-refractivity contribution in [3.8, 4) is 0 Å². The molecule has 3 rings (SSSR count). The molecule has 0 N–H and O–H groups in total. The van der Waals surface area contributed by atoms with Crippen molar-refractivity contribution in [2.45, 2.75) is 17.1 Å². The van der Waals surface area contributed by atoms with Gasteiger partial charge in [-0.1, -0.05) is 18.2 Å². The van der Waals surface area contributed by atoms with Gasteiger partial charge in [0.1, 0.15) is 12.2 Å². The first-order valence-corrected chi connectivity index (χ1v) is 9.07. The summed E-state index contributed by atoms with van der Waals surface area (Å²) in [5, 5.41) is 0. The van der Waals surface area contributed by atoms with Crippen molar-refractivity contribution in [2.75, 3.05) is 26.4 Å². The van der Waals surface area contributed by atoms with Crippen LogP contribution in [0.25, 0.3) is 0 Å². The molecular weight excluding hydrogens is 287 g/mol. The Morgan fingerprint density at radius 2 is 1.63 bits per heavy atom. The highest BCUT2D eigenvalue weighted by molar-refractivity contribution is 8.55. The lowest BCUT2D eigenvalue weighted by Crippen LogP contribution is -2.04. The summed E-state index contributed by atoms with van der Waals surface area (Å²) >= 11 is 1.13. The smallest absolute Gasteiger partial charge is 0.371 e. The molecule has 0 spiro atoms. The Morgan fingerprint density at radius 1 is 1.11 bits per heavy atom. The van der Waals surface area contributed by atoms with Gasteiger partial charge < -0.3 is 9.47 Å². The second-order valence-corrected chi connectivity index (χ2v) is 8.31. The van der Waals surface area contributed by atoms with Crippen LogP contribution in [0.4, 0.5) is 0 Å². The van der Waals surface area contributed by atoms with Crippen LogP contribution >= 0.6 is 18.2 Å². The van der Waals surface area contributed by atoms with E-state index in [1.807, 2.05) is 30.3 Å². The quantitative estimate of drug-likeness (QED) is 0.543. The van der Waals surface area contributed by atoms with Crippen LogP contribution in [0.3, 0.4) is 0 Å². The number of epoxide rings is 2. The number of benzene rings is 1. The SMILES string of the molecule is O=P(OCC1CO1)(OCC1CO1)Sc1ccccc1. The van der Waals surface area contributed by atoms with Crippen molar-refractivity contribution in [1.29, 1.82) is 0 Å². The van der Waals surface area contributed by atoms with Gasteiger partial charge in [0, 0.05) is 4.90 Å². The fourth-order valence-corrected chi connectivity index (χ4v) is 4.61. The maximum atomic E-state index is 12.7. The van der Waals surface area contributed by atoms with Crippen molar-refractivity contribution in [3.63, 3.8) is 0 Å². The molecule has 2 unspecified atom stereocenters. The summed E-state index contributed by atoms with van der Waals surface area (Å²) in [7, 11) is 0. The molecule has 2 fully saturated rings. The van der Waals surface area contributed by atoms with Crippen LogP contribution in [0.1, 0.15) is 0 Å². The molecule has 2 aliphatic rings. The van der Waals surface area contributed by atoms with E-state index in [0.29, 0.717) is 26.4 Å². The zero-order valence-electron chi connectivity index (χ0n) is 10.3. The molecule has 0 aliphatic carbocycles. The molecule has 0 saturated carbocycles. The van der Waals surface area contributed by atoms with Crippen molar-refractivity contribution in [1.82, 2.24) is 0 Å². The van der Waals surface area contributed by atoms with Crippen molar-refractivity contribution < 1.29 is 23.1 Å². The molecule has 0 bridgehead atoms. The van der Waals surface area contributed by atoms with Gasteiger partial charge in [0.2, 0.25) is 0 Å². The van der Waals surface area contributed by atoms with Crippen LogP contribution in [-0.4, -0.2) is 38.6 Å². The first-order valence-electron chi connectivity index (χ1n) is 6.10. The van der Waals surface area contributed by atoms with E-state index in [2.05, 4.69) is 0 Å². The first kappa shape index (κ1) is 13.6. The third-order valence-electron chi connectivity index (χ3n) is 2.60. The van der Waals surface area contributed by atoms with E-state index >= 15 is 0 Å². The van der Waals surface area contributed by atoms with Crippen LogP contribution in [-0.2, 0) is 23.1 Å². The second-order valence-electron chi connectivity index (χ2n) is 4.35. The van der Waals surface area contributed by atoms with Gasteiger partial charge in [0.25, 0.3) is 0 Å². The number of hydrogen-bond donors (Lipinski definition) is 0. The lowest BCUT2D eigenvalue weighted by atomic mass is 10.4. The predicted octanol–water partition coefficient (Wildman–Crippen LogP) is 2.72. The number of hydrogen-bond acceptors (Lipinski definition) is 6. The zero-order valence-corrected chi connectivity index (χ0v) is 12.0. The summed E-state index contributed by atoms with van der Waals surface area (Å²) < 4.78 is 33.7. The van der Waals surface area contributed by atoms with E-state index in [4.69, 9.17) is 18.5 Å². The molecule has 2 heterocycles. The van der Waals surface area contributed by atoms with Gasteiger partial charge >= 0.3 is 6.80 Å². The standard InChI is InChI=1S/C12H15O5PS/c13-18(16-8-10-6-14-10,17-9-11-7-15-11)19-12-4-2-1-3-5-12/h1-5,10-11H,6-9H2. The normalized spacial score (nSPS) is 27.8. The van der Waals surface area contributed by atoms with Crippen molar-refractivity contribution in [2.24, 2.45) is 0 Å². The van der Waals surface area contributed by atoms with E-state index in [-0.39, 0.29) is 12.2 Å². The summed E-state index contributed by atoms with van der Waals surface area (Å²) in [6.07, 6.45) is 0.121. The van der Waals surface area contributed by atoms with E-state index in [1.165, 1.54) is 0 Å². The number of ether oxygens (including phenoxy) is 2. The van der Waals surface area contributed by atoms with Crippen molar-refractivity contribution in [3.05, 3.63) is 30.3 Å². The predicted molar refractivity (Wildman–Crippen MR) is 71.3 cm³/mol. The molecule has 5 nitrogen and oxygen atoms in total. The van der Waals surface area contributed by atoms with Gasteiger partial charge in [0.05, 0.1) is 26.4 Å². The molecule has 2 saturated heterocycles. The highest BCUT2D eigenvalue weighted by Gasteiger charge is 2.34. The molecule has 19 heavy (non-hydrogen) atoms. The Hall–Kier alpha value is -0.360. The summed E-state index contributed by atoms with van der Waals surface area (Å²) in [5.41, 5.74) is 0. The molecule has 1 aromatic carbocycles. The summed E-state index contributed by atoms with van der Waals surface area (Å²) in [5.74, 6) is 0. The zero-order chi connectivity index (χ0) is 13.1. The third kappa shape index (κ3) is 4.60. The second kappa shape index (κ2) is 5.95. The van der Waals surface area contributed by atoms with E-state index in [9.17, 15) is 4.57 Å². The Labute approximate surface area is 115 Å². The van der Waals surface area contributed by atoms with Gasteiger partial charge in [-0.25, -0.2) is 4.57 Å². The van der Waals surface area contributed by atoms with Crippen molar-refractivity contribution >= 4 is 18.2 Å². The fraction of sp³-hybridized carbons (Fsp3) is 0.500. The maximum Gasteiger partial charge on any atom is 0.394 e. The highest BCUT2D eigenvalue weighted by atomic mass is 32.7. The molecular formula is C12H15O5PS. The Kier molecular flexibility index (Phi) is 4.27. The molecule has 0 radical (unpaired) electrons. The Balaban J connectivity index is 1.60. The molecule has 2 aliphatic heterocycles. The van der Waals surface area contributed by atoms with E-state index in [1.54, 1.807) is 0 Å². The minimum atomic E-state index is -3.21. The first-order chi connectivity index (χ1) is 9.23. The lowest BCUT2D eigenvalue weighted by Gasteiger charge is -2.16. The summed E-state index contributed by atoms with van der Waals surface area (Å²) in [6, 6.07) is 9.45.